The third-order valence-corrected chi connectivity index (χ3v) is 3.46. The predicted octanol–water partition coefficient (Wildman–Crippen LogP) is 5.05. The lowest BCUT2D eigenvalue weighted by Crippen LogP contribution is -2.16. The number of carbonyl (C=O) groups excluding carboxylic acids is 1. The van der Waals surface area contributed by atoms with Gasteiger partial charge in [0, 0.05) is 5.56 Å². The third kappa shape index (κ3) is 7.30. The maximum absolute atomic E-state index is 12.4. The fraction of sp³-hybridized carbons (Fsp3) is 0.350. The summed E-state index contributed by atoms with van der Waals surface area (Å²) >= 11 is 0. The van der Waals surface area contributed by atoms with Crippen molar-refractivity contribution in [2.45, 2.75) is 26.6 Å². The van der Waals surface area contributed by atoms with Crippen molar-refractivity contribution in [3.8, 4) is 5.75 Å². The Kier molecular flexibility index (Phi) is 7.24. The molecule has 0 saturated carbocycles. The van der Waals surface area contributed by atoms with E-state index in [9.17, 15) is 18.0 Å². The van der Waals surface area contributed by atoms with Crippen LogP contribution in [0.5, 0.6) is 5.75 Å². The molecule has 0 radical (unpaired) electrons. The zero-order valence-corrected chi connectivity index (χ0v) is 15.2. The Morgan fingerprint density at radius 2 is 1.74 bits per heavy atom. The van der Waals surface area contributed by atoms with Gasteiger partial charge in [0.1, 0.15) is 12.4 Å². The first kappa shape index (κ1) is 20.8. The number of hydrogen-bond acceptors (Lipinski definition) is 3. The highest BCUT2D eigenvalue weighted by molar-refractivity contribution is 6.05. The van der Waals surface area contributed by atoms with Gasteiger partial charge in [-0.2, -0.15) is 13.2 Å². The molecule has 1 amide bonds. The van der Waals surface area contributed by atoms with E-state index in [0.717, 1.165) is 0 Å². The molecule has 27 heavy (non-hydrogen) atoms. The number of benzene rings is 2. The number of ether oxygens (including phenoxy) is 2. The number of rotatable bonds is 8. The number of hydrogen-bond donors (Lipinski definition) is 1. The number of alkyl halides is 3. The molecule has 0 aliphatic rings. The monoisotopic (exact) mass is 381 g/mol. The summed E-state index contributed by atoms with van der Waals surface area (Å²) in [4.78, 5) is 12.4. The SMILES string of the molecule is CC(C)COc1ccccc1NC(=O)c1ccc(COCC(F)(F)F)cc1. The van der Waals surface area contributed by atoms with E-state index in [1.807, 2.05) is 19.9 Å². The molecule has 0 aliphatic heterocycles. The minimum Gasteiger partial charge on any atom is -0.491 e. The summed E-state index contributed by atoms with van der Waals surface area (Å²) in [5.74, 6) is 0.593. The zero-order chi connectivity index (χ0) is 19.9. The van der Waals surface area contributed by atoms with Crippen molar-refractivity contribution >= 4 is 11.6 Å². The van der Waals surface area contributed by atoms with Gasteiger partial charge in [-0.15, -0.1) is 0 Å². The van der Waals surface area contributed by atoms with Crippen LogP contribution in [0.4, 0.5) is 18.9 Å². The molecule has 0 aliphatic carbocycles. The Morgan fingerprint density at radius 3 is 2.37 bits per heavy atom. The highest BCUT2D eigenvalue weighted by Gasteiger charge is 2.27. The van der Waals surface area contributed by atoms with Crippen LogP contribution in [0.1, 0.15) is 29.8 Å². The molecular formula is C20H22F3NO3. The Hall–Kier alpha value is -2.54. The van der Waals surface area contributed by atoms with Crippen LogP contribution < -0.4 is 10.1 Å². The van der Waals surface area contributed by atoms with Crippen LogP contribution in [0.25, 0.3) is 0 Å². The summed E-state index contributed by atoms with van der Waals surface area (Å²) in [5, 5.41) is 2.79. The summed E-state index contributed by atoms with van der Waals surface area (Å²) < 4.78 is 46.5. The molecule has 0 unspecified atom stereocenters. The largest absolute Gasteiger partial charge is 0.491 e. The van der Waals surface area contributed by atoms with Gasteiger partial charge in [-0.1, -0.05) is 38.1 Å². The number of para-hydroxylation sites is 2. The second kappa shape index (κ2) is 9.41. The van der Waals surface area contributed by atoms with Gasteiger partial charge in [0.25, 0.3) is 5.91 Å². The molecule has 1 N–H and O–H groups in total. The van der Waals surface area contributed by atoms with Crippen molar-refractivity contribution in [3.63, 3.8) is 0 Å². The summed E-state index contributed by atoms with van der Waals surface area (Å²) in [6, 6.07) is 13.3. The summed E-state index contributed by atoms with van der Waals surface area (Å²) in [7, 11) is 0. The molecule has 146 valence electrons. The summed E-state index contributed by atoms with van der Waals surface area (Å²) in [6.07, 6.45) is -4.36. The van der Waals surface area contributed by atoms with Gasteiger partial charge in [-0.05, 0) is 35.7 Å². The fourth-order valence-electron chi connectivity index (χ4n) is 2.18. The van der Waals surface area contributed by atoms with E-state index in [4.69, 9.17) is 4.74 Å². The van der Waals surface area contributed by atoms with Crippen LogP contribution in [0.15, 0.2) is 48.5 Å². The summed E-state index contributed by atoms with van der Waals surface area (Å²) in [5.41, 5.74) is 1.49. The van der Waals surface area contributed by atoms with Crippen molar-refractivity contribution in [3.05, 3.63) is 59.7 Å². The van der Waals surface area contributed by atoms with Crippen LogP contribution in [0.2, 0.25) is 0 Å². The van der Waals surface area contributed by atoms with E-state index < -0.39 is 12.8 Å². The van der Waals surface area contributed by atoms with Gasteiger partial charge < -0.3 is 14.8 Å². The minimum atomic E-state index is -4.36. The molecule has 0 aromatic heterocycles. The van der Waals surface area contributed by atoms with E-state index in [1.54, 1.807) is 42.5 Å². The quantitative estimate of drug-likeness (QED) is 0.696. The standard InChI is InChI=1S/C20H22F3NO3/c1-14(2)11-27-18-6-4-3-5-17(18)24-19(25)16-9-7-15(8-10-16)12-26-13-20(21,22)23/h3-10,14H,11-13H2,1-2H3,(H,24,25). The Bertz CT molecular complexity index is 743. The van der Waals surface area contributed by atoms with Crippen molar-refractivity contribution < 1.29 is 27.4 Å². The van der Waals surface area contributed by atoms with Crippen molar-refractivity contribution in [2.75, 3.05) is 18.5 Å². The molecule has 4 nitrogen and oxygen atoms in total. The van der Waals surface area contributed by atoms with Crippen LogP contribution in [-0.2, 0) is 11.3 Å². The van der Waals surface area contributed by atoms with E-state index in [0.29, 0.717) is 35.1 Å². The third-order valence-electron chi connectivity index (χ3n) is 3.46. The lowest BCUT2D eigenvalue weighted by molar-refractivity contribution is -0.176. The number of anilines is 1. The second-order valence-corrected chi connectivity index (χ2v) is 6.46. The van der Waals surface area contributed by atoms with Gasteiger partial charge in [0.2, 0.25) is 0 Å². The molecule has 0 fully saturated rings. The minimum absolute atomic E-state index is 0.173. The maximum atomic E-state index is 12.4. The van der Waals surface area contributed by atoms with Crippen molar-refractivity contribution in [2.24, 2.45) is 5.92 Å². The van der Waals surface area contributed by atoms with Crippen LogP contribution in [0.3, 0.4) is 0 Å². The summed E-state index contributed by atoms with van der Waals surface area (Å²) in [6.45, 7) is 3.11. The smallest absolute Gasteiger partial charge is 0.411 e. The lowest BCUT2D eigenvalue weighted by atomic mass is 10.1. The number of halogens is 3. The van der Waals surface area contributed by atoms with Gasteiger partial charge in [0.05, 0.1) is 18.9 Å². The van der Waals surface area contributed by atoms with Gasteiger partial charge in [-0.3, -0.25) is 4.79 Å². The first-order valence-electron chi connectivity index (χ1n) is 8.51. The molecule has 7 heteroatoms. The average Bonchev–Trinajstić information content (AvgIpc) is 2.60. The van der Waals surface area contributed by atoms with E-state index in [-0.39, 0.29) is 12.5 Å². The first-order valence-corrected chi connectivity index (χ1v) is 8.51. The van der Waals surface area contributed by atoms with Gasteiger partial charge >= 0.3 is 6.18 Å². The molecule has 2 aromatic carbocycles. The first-order chi connectivity index (χ1) is 12.7. The van der Waals surface area contributed by atoms with E-state index >= 15 is 0 Å². The molecule has 2 aromatic rings. The lowest BCUT2D eigenvalue weighted by Gasteiger charge is -2.14. The molecule has 0 spiro atoms. The maximum Gasteiger partial charge on any atom is 0.411 e. The van der Waals surface area contributed by atoms with Crippen molar-refractivity contribution in [1.29, 1.82) is 0 Å². The molecular weight excluding hydrogens is 359 g/mol. The topological polar surface area (TPSA) is 47.6 Å². The zero-order valence-electron chi connectivity index (χ0n) is 15.2. The van der Waals surface area contributed by atoms with Crippen LogP contribution in [-0.4, -0.2) is 25.3 Å². The predicted molar refractivity (Wildman–Crippen MR) is 96.9 cm³/mol. The number of amides is 1. The normalized spacial score (nSPS) is 11.5. The van der Waals surface area contributed by atoms with Crippen LogP contribution in [0, 0.1) is 5.92 Å². The second-order valence-electron chi connectivity index (χ2n) is 6.46. The average molecular weight is 381 g/mol. The number of carbonyl (C=O) groups is 1. The molecule has 2 rings (SSSR count). The van der Waals surface area contributed by atoms with Gasteiger partial charge in [-0.25, -0.2) is 0 Å². The number of nitrogens with one attached hydrogen (secondary N) is 1. The van der Waals surface area contributed by atoms with Crippen molar-refractivity contribution in [1.82, 2.24) is 0 Å². The van der Waals surface area contributed by atoms with E-state index in [1.165, 1.54) is 0 Å². The van der Waals surface area contributed by atoms with E-state index in [2.05, 4.69) is 10.1 Å². The molecule has 0 heterocycles. The Balaban J connectivity index is 1.96. The molecule has 0 bridgehead atoms. The van der Waals surface area contributed by atoms with Crippen LogP contribution >= 0.6 is 0 Å². The Morgan fingerprint density at radius 1 is 1.07 bits per heavy atom. The highest BCUT2D eigenvalue weighted by Crippen LogP contribution is 2.25. The highest BCUT2D eigenvalue weighted by atomic mass is 19.4. The van der Waals surface area contributed by atoms with Gasteiger partial charge in [0.15, 0.2) is 0 Å². The fourth-order valence-corrected chi connectivity index (χ4v) is 2.18. The molecule has 0 atom stereocenters. The molecule has 0 saturated heterocycles. The Labute approximate surface area is 156 Å².